The van der Waals surface area contributed by atoms with Gasteiger partial charge in [-0.3, -0.25) is 19.3 Å². The number of amides is 5. The van der Waals surface area contributed by atoms with E-state index in [4.69, 9.17) is 0 Å². The normalized spacial score (nSPS) is 17.6. The quantitative estimate of drug-likeness (QED) is 0.460. The number of benzene rings is 1. The molecule has 1 aliphatic heterocycles. The molecule has 1 aromatic rings. The molecule has 1 spiro atoms. The summed E-state index contributed by atoms with van der Waals surface area (Å²) in [6, 6.07) is 8.51. The van der Waals surface area contributed by atoms with Gasteiger partial charge < -0.3 is 16.0 Å². The third-order valence-corrected chi connectivity index (χ3v) is 5.26. The van der Waals surface area contributed by atoms with Crippen LogP contribution < -0.4 is 16.0 Å². The van der Waals surface area contributed by atoms with Crippen molar-refractivity contribution >= 4 is 23.8 Å². The van der Waals surface area contributed by atoms with Gasteiger partial charge in [0.2, 0.25) is 5.91 Å². The second-order valence-corrected chi connectivity index (χ2v) is 7.25. The van der Waals surface area contributed by atoms with Crippen molar-refractivity contribution in [2.24, 2.45) is 0 Å². The maximum atomic E-state index is 12.5. The van der Waals surface area contributed by atoms with Crippen molar-refractivity contribution in [1.82, 2.24) is 20.9 Å². The Morgan fingerprint density at radius 2 is 1.71 bits per heavy atom. The van der Waals surface area contributed by atoms with Crippen LogP contribution in [0.5, 0.6) is 0 Å². The lowest BCUT2D eigenvalue weighted by molar-refractivity contribution is -0.131. The van der Waals surface area contributed by atoms with Crippen LogP contribution in [0.25, 0.3) is 0 Å². The van der Waals surface area contributed by atoms with Crippen molar-refractivity contribution in [2.75, 3.05) is 19.6 Å². The molecule has 8 heteroatoms. The number of hydrogen-bond acceptors (Lipinski definition) is 4. The highest BCUT2D eigenvalue weighted by molar-refractivity contribution is 6.07. The fourth-order valence-electron chi connectivity index (χ4n) is 3.75. The van der Waals surface area contributed by atoms with Gasteiger partial charge in [-0.25, -0.2) is 4.79 Å². The second kappa shape index (κ2) is 8.86. The largest absolute Gasteiger partial charge is 0.354 e. The molecule has 0 atom stereocenters. The summed E-state index contributed by atoms with van der Waals surface area (Å²) in [4.78, 5) is 49.6. The zero-order chi connectivity index (χ0) is 20.0. The number of nitrogens with one attached hydrogen (secondary N) is 3. The van der Waals surface area contributed by atoms with Crippen molar-refractivity contribution in [3.05, 3.63) is 35.9 Å². The van der Waals surface area contributed by atoms with Crippen molar-refractivity contribution in [3.63, 3.8) is 0 Å². The average Bonchev–Trinajstić information content (AvgIpc) is 3.26. The van der Waals surface area contributed by atoms with Gasteiger partial charge in [0, 0.05) is 31.6 Å². The molecule has 1 saturated carbocycles. The number of carbonyl (C=O) groups is 4. The van der Waals surface area contributed by atoms with Gasteiger partial charge in [0.1, 0.15) is 5.54 Å². The molecular formula is C20H26N4O4. The molecule has 3 rings (SSSR count). The number of urea groups is 1. The third kappa shape index (κ3) is 4.49. The molecule has 0 radical (unpaired) electrons. The van der Waals surface area contributed by atoms with Crippen molar-refractivity contribution in [3.8, 4) is 0 Å². The number of carbonyl (C=O) groups excluding carboxylic acids is 4. The van der Waals surface area contributed by atoms with Gasteiger partial charge >= 0.3 is 6.03 Å². The summed E-state index contributed by atoms with van der Waals surface area (Å²) in [6.07, 6.45) is 3.92. The highest BCUT2D eigenvalue weighted by Gasteiger charge is 2.51. The summed E-state index contributed by atoms with van der Waals surface area (Å²) in [5, 5.41) is 8.29. The molecular weight excluding hydrogens is 360 g/mol. The van der Waals surface area contributed by atoms with Crippen LogP contribution in [0.3, 0.4) is 0 Å². The fraction of sp³-hybridized carbons (Fsp3) is 0.500. The molecule has 1 aromatic carbocycles. The lowest BCUT2D eigenvalue weighted by Crippen LogP contribution is -2.44. The second-order valence-electron chi connectivity index (χ2n) is 7.25. The van der Waals surface area contributed by atoms with Crippen LogP contribution in [0, 0.1) is 0 Å². The first-order valence-electron chi connectivity index (χ1n) is 9.76. The Kier molecular flexibility index (Phi) is 6.28. The smallest absolute Gasteiger partial charge is 0.325 e. The lowest BCUT2D eigenvalue weighted by Gasteiger charge is -2.19. The molecule has 5 amide bonds. The maximum absolute atomic E-state index is 12.5. The van der Waals surface area contributed by atoms with Crippen LogP contribution in [0.1, 0.15) is 48.9 Å². The molecule has 1 heterocycles. The SMILES string of the molecule is O=C(CCCN1C(=O)NC2(CCCC2)C1=O)NCCNC(=O)c1ccccc1. The molecule has 150 valence electrons. The van der Waals surface area contributed by atoms with Gasteiger partial charge in [-0.15, -0.1) is 0 Å². The van der Waals surface area contributed by atoms with Crippen molar-refractivity contribution in [1.29, 1.82) is 0 Å². The van der Waals surface area contributed by atoms with E-state index in [0.717, 1.165) is 12.8 Å². The first-order chi connectivity index (χ1) is 13.5. The molecule has 0 aromatic heterocycles. The Bertz CT molecular complexity index is 744. The topological polar surface area (TPSA) is 108 Å². The zero-order valence-electron chi connectivity index (χ0n) is 15.8. The summed E-state index contributed by atoms with van der Waals surface area (Å²) in [5.41, 5.74) is -0.126. The Morgan fingerprint density at radius 3 is 2.43 bits per heavy atom. The Balaban J connectivity index is 1.31. The van der Waals surface area contributed by atoms with E-state index in [2.05, 4.69) is 16.0 Å². The molecule has 0 bridgehead atoms. The van der Waals surface area contributed by atoms with E-state index in [1.807, 2.05) is 6.07 Å². The average molecular weight is 386 g/mol. The number of imide groups is 1. The Labute approximate surface area is 164 Å². The molecule has 1 saturated heterocycles. The van der Waals surface area contributed by atoms with E-state index in [0.29, 0.717) is 37.9 Å². The highest BCUT2D eigenvalue weighted by atomic mass is 16.2. The van der Waals surface area contributed by atoms with Crippen LogP contribution in [-0.4, -0.2) is 53.8 Å². The molecule has 2 fully saturated rings. The van der Waals surface area contributed by atoms with Gasteiger partial charge in [-0.05, 0) is 31.4 Å². The zero-order valence-corrected chi connectivity index (χ0v) is 15.8. The molecule has 3 N–H and O–H groups in total. The molecule has 8 nitrogen and oxygen atoms in total. The van der Waals surface area contributed by atoms with Gasteiger partial charge in [0.15, 0.2) is 0 Å². The minimum Gasteiger partial charge on any atom is -0.354 e. The van der Waals surface area contributed by atoms with E-state index in [1.54, 1.807) is 24.3 Å². The standard InChI is InChI=1S/C20H26N4O4/c25-16(21-12-13-22-17(26)15-7-2-1-3-8-15)9-6-14-24-18(27)20(23-19(24)28)10-4-5-11-20/h1-3,7-8H,4-6,9-14H2,(H,21,25)(H,22,26)(H,23,28). The first kappa shape index (κ1) is 19.9. The Hall–Kier alpha value is -2.90. The summed E-state index contributed by atoms with van der Waals surface area (Å²) in [7, 11) is 0. The van der Waals surface area contributed by atoms with Crippen LogP contribution in [-0.2, 0) is 9.59 Å². The van der Waals surface area contributed by atoms with Crippen molar-refractivity contribution in [2.45, 2.75) is 44.1 Å². The third-order valence-electron chi connectivity index (χ3n) is 5.26. The maximum Gasteiger partial charge on any atom is 0.325 e. The predicted molar refractivity (Wildman–Crippen MR) is 102 cm³/mol. The van der Waals surface area contributed by atoms with Crippen LogP contribution in [0.2, 0.25) is 0 Å². The van der Waals surface area contributed by atoms with Gasteiger partial charge in [-0.1, -0.05) is 31.0 Å². The lowest BCUT2D eigenvalue weighted by atomic mass is 9.98. The van der Waals surface area contributed by atoms with Gasteiger partial charge in [-0.2, -0.15) is 0 Å². The van der Waals surface area contributed by atoms with Crippen LogP contribution in [0.15, 0.2) is 30.3 Å². The first-order valence-corrected chi connectivity index (χ1v) is 9.76. The summed E-state index contributed by atoms with van der Waals surface area (Å²) in [5.74, 6) is -0.509. The van der Waals surface area contributed by atoms with Gasteiger partial charge in [0.25, 0.3) is 11.8 Å². The number of hydrogen-bond donors (Lipinski definition) is 3. The summed E-state index contributed by atoms with van der Waals surface area (Å²) in [6.45, 7) is 0.892. The fourth-order valence-corrected chi connectivity index (χ4v) is 3.75. The van der Waals surface area contributed by atoms with E-state index in [-0.39, 0.29) is 36.7 Å². The monoisotopic (exact) mass is 386 g/mol. The van der Waals surface area contributed by atoms with E-state index >= 15 is 0 Å². The predicted octanol–water partition coefficient (Wildman–Crippen LogP) is 1.18. The summed E-state index contributed by atoms with van der Waals surface area (Å²) >= 11 is 0. The van der Waals surface area contributed by atoms with Crippen LogP contribution >= 0.6 is 0 Å². The molecule has 28 heavy (non-hydrogen) atoms. The van der Waals surface area contributed by atoms with E-state index < -0.39 is 5.54 Å². The minimum atomic E-state index is -0.698. The van der Waals surface area contributed by atoms with E-state index in [1.165, 1.54) is 4.90 Å². The minimum absolute atomic E-state index is 0.154. The van der Waals surface area contributed by atoms with E-state index in [9.17, 15) is 19.2 Å². The van der Waals surface area contributed by atoms with Crippen molar-refractivity contribution < 1.29 is 19.2 Å². The number of rotatable bonds is 8. The molecule has 1 aliphatic carbocycles. The van der Waals surface area contributed by atoms with Gasteiger partial charge in [0.05, 0.1) is 0 Å². The highest BCUT2D eigenvalue weighted by Crippen LogP contribution is 2.35. The number of nitrogens with zero attached hydrogens (tertiary/aromatic N) is 1. The summed E-state index contributed by atoms with van der Waals surface area (Å²) < 4.78 is 0. The Morgan fingerprint density at radius 1 is 1.04 bits per heavy atom. The van der Waals surface area contributed by atoms with Crippen LogP contribution in [0.4, 0.5) is 4.79 Å². The molecule has 0 unspecified atom stereocenters. The molecule has 2 aliphatic rings.